The third kappa shape index (κ3) is 3.82. The average molecular weight is 460 g/mol. The fourth-order valence-electron chi connectivity index (χ4n) is 5.10. The Kier molecular flexibility index (Phi) is 4.89. The number of alkyl halides is 3. The number of nitrogen functional groups attached to an aromatic ring is 1. The zero-order chi connectivity index (χ0) is 23.5. The molecule has 33 heavy (non-hydrogen) atoms. The summed E-state index contributed by atoms with van der Waals surface area (Å²) in [7, 11) is 2.11. The van der Waals surface area contributed by atoms with Crippen molar-refractivity contribution in [2.45, 2.75) is 19.1 Å². The van der Waals surface area contributed by atoms with Gasteiger partial charge in [-0.3, -0.25) is 0 Å². The highest BCUT2D eigenvalue weighted by Gasteiger charge is 2.50. The smallest absolute Gasteiger partial charge is 0.399 e. The number of rotatable bonds is 4. The number of benzene rings is 2. The molecule has 2 aliphatic rings. The Balaban J connectivity index is 1.43. The molecule has 2 aromatic carbocycles. The first-order valence-electron chi connectivity index (χ1n) is 10.7. The molecule has 3 heterocycles. The first-order chi connectivity index (χ1) is 15.5. The van der Waals surface area contributed by atoms with E-state index in [2.05, 4.69) is 32.4 Å². The van der Waals surface area contributed by atoms with E-state index in [1.165, 1.54) is 12.3 Å². The maximum atomic E-state index is 14.7. The predicted octanol–water partition coefficient (Wildman–Crippen LogP) is 4.29. The fourth-order valence-corrected chi connectivity index (χ4v) is 5.10. The molecule has 174 valence electrons. The lowest BCUT2D eigenvalue weighted by Crippen LogP contribution is -2.71. The Bertz CT molecular complexity index is 1210. The van der Waals surface area contributed by atoms with Gasteiger partial charge >= 0.3 is 6.18 Å². The summed E-state index contributed by atoms with van der Waals surface area (Å²) in [6.45, 7) is 5.74. The van der Waals surface area contributed by atoms with Gasteiger partial charge in [0.05, 0.1) is 29.0 Å². The summed E-state index contributed by atoms with van der Waals surface area (Å²) in [6, 6.07) is 6.90. The van der Waals surface area contributed by atoms with Gasteiger partial charge in [0.15, 0.2) is 0 Å². The number of nitrogens with two attached hydrogens (primary N) is 1. The first kappa shape index (κ1) is 21.7. The van der Waals surface area contributed by atoms with Crippen LogP contribution < -0.4 is 16.0 Å². The Labute approximate surface area is 188 Å². The summed E-state index contributed by atoms with van der Waals surface area (Å²) in [6.07, 6.45) is -3.34. The van der Waals surface area contributed by atoms with Crippen molar-refractivity contribution >= 4 is 28.0 Å². The summed E-state index contributed by atoms with van der Waals surface area (Å²) >= 11 is 0. The molecule has 1 spiro atoms. The number of likely N-dealkylation sites (tertiary alicyclic amines) is 1. The molecule has 2 fully saturated rings. The van der Waals surface area contributed by atoms with Gasteiger partial charge in [0, 0.05) is 53.9 Å². The van der Waals surface area contributed by atoms with Crippen molar-refractivity contribution in [3.63, 3.8) is 0 Å². The van der Waals surface area contributed by atoms with Crippen LogP contribution in [-0.2, 0) is 6.18 Å². The van der Waals surface area contributed by atoms with E-state index in [1.807, 2.05) is 18.2 Å². The van der Waals surface area contributed by atoms with Gasteiger partial charge in [-0.2, -0.15) is 23.4 Å². The van der Waals surface area contributed by atoms with Crippen LogP contribution in [0.25, 0.3) is 10.9 Å². The minimum absolute atomic E-state index is 0.152. The van der Waals surface area contributed by atoms with E-state index in [0.717, 1.165) is 37.3 Å². The highest BCUT2D eigenvalue weighted by atomic mass is 19.4. The molecule has 2 saturated heterocycles. The maximum Gasteiger partial charge on any atom is 0.419 e. The van der Waals surface area contributed by atoms with Gasteiger partial charge < -0.3 is 20.9 Å². The summed E-state index contributed by atoms with van der Waals surface area (Å²) in [4.78, 5) is 4.60. The predicted molar refractivity (Wildman–Crippen MR) is 120 cm³/mol. The van der Waals surface area contributed by atoms with Crippen LogP contribution in [0.3, 0.4) is 0 Å². The van der Waals surface area contributed by atoms with Crippen molar-refractivity contribution in [1.82, 2.24) is 15.1 Å². The summed E-state index contributed by atoms with van der Waals surface area (Å²) < 4.78 is 54.4. The van der Waals surface area contributed by atoms with Gasteiger partial charge in [-0.1, -0.05) is 0 Å². The number of hydrogen-bond acceptors (Lipinski definition) is 6. The molecule has 6 nitrogen and oxygen atoms in total. The standard InChI is InChI=1S/C23H24F4N6/c1-13(16-5-14(28)6-18(21(16)24)23(25,26)27)30-20-8-29-31-19-4-3-15(7-17(19)20)33-11-22(12-33)9-32(2)10-22/h3-8,13H,9-12,28H2,1-2H3,(H,30,31)/t13-/m1/s1. The minimum Gasteiger partial charge on any atom is -0.399 e. The molecule has 1 aromatic heterocycles. The molecule has 0 saturated carbocycles. The van der Waals surface area contributed by atoms with Crippen molar-refractivity contribution in [3.05, 3.63) is 53.5 Å². The monoisotopic (exact) mass is 460 g/mol. The lowest BCUT2D eigenvalue weighted by molar-refractivity contribution is -0.140. The molecular weight excluding hydrogens is 436 g/mol. The van der Waals surface area contributed by atoms with Crippen molar-refractivity contribution in [3.8, 4) is 0 Å². The molecule has 0 radical (unpaired) electrons. The summed E-state index contributed by atoms with van der Waals surface area (Å²) in [5.74, 6) is -1.33. The van der Waals surface area contributed by atoms with Gasteiger partial charge in [0.25, 0.3) is 0 Å². The van der Waals surface area contributed by atoms with E-state index in [9.17, 15) is 17.6 Å². The normalized spacial score (nSPS) is 18.8. The van der Waals surface area contributed by atoms with Gasteiger partial charge in [-0.25, -0.2) is 4.39 Å². The van der Waals surface area contributed by atoms with Crippen LogP contribution in [0.15, 0.2) is 36.5 Å². The minimum atomic E-state index is -4.84. The van der Waals surface area contributed by atoms with Crippen LogP contribution in [0.1, 0.15) is 24.1 Å². The van der Waals surface area contributed by atoms with Crippen LogP contribution in [0.5, 0.6) is 0 Å². The topological polar surface area (TPSA) is 70.3 Å². The zero-order valence-corrected chi connectivity index (χ0v) is 18.2. The largest absolute Gasteiger partial charge is 0.419 e. The number of halogens is 4. The van der Waals surface area contributed by atoms with Gasteiger partial charge in [-0.05, 0) is 44.3 Å². The summed E-state index contributed by atoms with van der Waals surface area (Å²) in [5.41, 5.74) is 6.56. The number of anilines is 3. The molecular formula is C23H24F4N6. The SMILES string of the molecule is C[C@@H](Nc1cnnc2ccc(N3CC4(CN(C)C4)C3)cc12)c1cc(N)cc(C(F)(F)F)c1F. The number of aromatic nitrogens is 2. The van der Waals surface area contributed by atoms with E-state index in [1.54, 1.807) is 6.92 Å². The van der Waals surface area contributed by atoms with Gasteiger partial charge in [0.1, 0.15) is 5.82 Å². The highest BCUT2D eigenvalue weighted by molar-refractivity contribution is 5.93. The van der Waals surface area contributed by atoms with E-state index in [4.69, 9.17) is 5.73 Å². The highest BCUT2D eigenvalue weighted by Crippen LogP contribution is 2.42. The molecule has 0 aliphatic carbocycles. The number of fused-ring (bicyclic) bond motifs is 1. The molecule has 3 N–H and O–H groups in total. The van der Waals surface area contributed by atoms with E-state index >= 15 is 0 Å². The Hall–Kier alpha value is -3.14. The van der Waals surface area contributed by atoms with Crippen molar-refractivity contribution in [1.29, 1.82) is 0 Å². The van der Waals surface area contributed by atoms with E-state index in [0.29, 0.717) is 22.7 Å². The second-order valence-electron chi connectivity index (χ2n) is 9.32. The average Bonchev–Trinajstić information content (AvgIpc) is 2.70. The van der Waals surface area contributed by atoms with Crippen molar-refractivity contribution in [2.24, 2.45) is 5.41 Å². The molecule has 0 bridgehead atoms. The zero-order valence-electron chi connectivity index (χ0n) is 18.2. The van der Waals surface area contributed by atoms with Crippen molar-refractivity contribution < 1.29 is 17.6 Å². The third-order valence-corrected chi connectivity index (χ3v) is 6.52. The quantitative estimate of drug-likeness (QED) is 0.447. The molecule has 5 rings (SSSR count). The van der Waals surface area contributed by atoms with Crippen LogP contribution in [0, 0.1) is 11.2 Å². The second kappa shape index (κ2) is 7.44. The van der Waals surface area contributed by atoms with Crippen LogP contribution in [0.4, 0.5) is 34.6 Å². The third-order valence-electron chi connectivity index (χ3n) is 6.52. The fraction of sp³-hybridized carbons (Fsp3) is 0.391. The molecule has 2 aliphatic heterocycles. The van der Waals surface area contributed by atoms with E-state index in [-0.39, 0.29) is 11.3 Å². The van der Waals surface area contributed by atoms with Gasteiger partial charge in [0.2, 0.25) is 0 Å². The molecule has 1 atom stereocenters. The van der Waals surface area contributed by atoms with Crippen molar-refractivity contribution in [2.75, 3.05) is 49.2 Å². The number of hydrogen-bond donors (Lipinski definition) is 2. The molecule has 10 heteroatoms. The first-order valence-corrected chi connectivity index (χ1v) is 10.7. The molecule has 0 unspecified atom stereocenters. The Morgan fingerprint density at radius 3 is 2.52 bits per heavy atom. The summed E-state index contributed by atoms with van der Waals surface area (Å²) in [5, 5.41) is 12.0. The van der Waals surface area contributed by atoms with Crippen LogP contribution in [-0.4, -0.2) is 48.3 Å². The van der Waals surface area contributed by atoms with Gasteiger partial charge in [-0.15, -0.1) is 0 Å². The number of nitrogens with zero attached hydrogens (tertiary/aromatic N) is 4. The number of nitrogens with one attached hydrogen (secondary N) is 1. The van der Waals surface area contributed by atoms with Crippen LogP contribution >= 0.6 is 0 Å². The Morgan fingerprint density at radius 2 is 1.85 bits per heavy atom. The Morgan fingerprint density at radius 1 is 1.12 bits per heavy atom. The van der Waals surface area contributed by atoms with E-state index < -0.39 is 23.6 Å². The second-order valence-corrected chi connectivity index (χ2v) is 9.32. The van der Waals surface area contributed by atoms with Crippen LogP contribution in [0.2, 0.25) is 0 Å². The molecule has 3 aromatic rings. The maximum absolute atomic E-state index is 14.7. The molecule has 0 amide bonds. The lowest BCUT2D eigenvalue weighted by Gasteiger charge is -2.60. The lowest BCUT2D eigenvalue weighted by atomic mass is 9.73.